The fourth-order valence-electron chi connectivity index (χ4n) is 3.85. The Morgan fingerprint density at radius 2 is 2.07 bits per heavy atom. The first-order valence-electron chi connectivity index (χ1n) is 9.25. The maximum atomic E-state index is 13.5. The van der Waals surface area contributed by atoms with E-state index in [2.05, 4.69) is 15.3 Å². The van der Waals surface area contributed by atoms with Gasteiger partial charge in [-0.15, -0.1) is 5.10 Å². The molecule has 5 rings (SSSR count). The number of halogens is 1. The highest BCUT2D eigenvalue weighted by molar-refractivity contribution is 6.35. The van der Waals surface area contributed by atoms with Crippen LogP contribution in [0.2, 0.25) is 5.02 Å². The lowest BCUT2D eigenvalue weighted by atomic mass is 10.2. The lowest BCUT2D eigenvalue weighted by molar-refractivity contribution is 0.0729. The maximum absolute atomic E-state index is 13.5. The first-order chi connectivity index (χ1) is 14.1. The monoisotopic (exact) mass is 414 g/mol. The Labute approximate surface area is 170 Å². The molecule has 0 bridgehead atoms. The van der Waals surface area contributed by atoms with Crippen molar-refractivity contribution in [3.05, 3.63) is 51.8 Å². The van der Waals surface area contributed by atoms with Gasteiger partial charge in [0, 0.05) is 20.8 Å². The van der Waals surface area contributed by atoms with Crippen LogP contribution in [0.15, 0.2) is 35.5 Å². The van der Waals surface area contributed by atoms with Crippen LogP contribution in [0.4, 0.5) is 0 Å². The summed E-state index contributed by atoms with van der Waals surface area (Å²) in [5, 5.41) is 8.75. The van der Waals surface area contributed by atoms with Crippen molar-refractivity contribution in [2.45, 2.75) is 25.0 Å². The second-order valence-electron chi connectivity index (χ2n) is 7.07. The zero-order chi connectivity index (χ0) is 20.2. The number of methoxy groups -OCH3 is 2. The van der Waals surface area contributed by atoms with Gasteiger partial charge in [-0.25, -0.2) is 4.98 Å². The molecule has 0 aliphatic heterocycles. The molecule has 3 heterocycles. The smallest absolute Gasteiger partial charge is 0.279 e. The normalized spacial score (nSPS) is 15.4. The van der Waals surface area contributed by atoms with E-state index < -0.39 is 5.60 Å². The molecular weight excluding hydrogens is 396 g/mol. The number of benzene rings is 1. The van der Waals surface area contributed by atoms with E-state index in [0.717, 1.165) is 24.1 Å². The first-order valence-corrected chi connectivity index (χ1v) is 9.63. The van der Waals surface area contributed by atoms with E-state index in [1.54, 1.807) is 46.5 Å². The van der Waals surface area contributed by atoms with Crippen LogP contribution >= 0.6 is 11.6 Å². The zero-order valence-corrected chi connectivity index (χ0v) is 16.8. The number of ether oxygens (including phenoxy) is 2. The van der Waals surface area contributed by atoms with Gasteiger partial charge in [0.25, 0.3) is 5.56 Å². The number of fused-ring (bicyclic) bond motifs is 3. The highest BCUT2D eigenvalue weighted by atomic mass is 35.5. The minimum absolute atomic E-state index is 0.223. The minimum atomic E-state index is -0.422. The molecule has 1 aromatic carbocycles. The van der Waals surface area contributed by atoms with E-state index in [0.29, 0.717) is 35.0 Å². The average molecular weight is 415 g/mol. The van der Waals surface area contributed by atoms with Gasteiger partial charge in [-0.2, -0.15) is 4.68 Å². The second-order valence-corrected chi connectivity index (χ2v) is 7.48. The Bertz CT molecular complexity index is 1290. The lowest BCUT2D eigenvalue weighted by Crippen LogP contribution is -2.26. The summed E-state index contributed by atoms with van der Waals surface area (Å²) < 4.78 is 15.9. The summed E-state index contributed by atoms with van der Waals surface area (Å²) >= 11 is 6.45. The van der Waals surface area contributed by atoms with E-state index in [9.17, 15) is 4.79 Å². The maximum Gasteiger partial charge on any atom is 0.279 e. The molecule has 29 heavy (non-hydrogen) atoms. The van der Waals surface area contributed by atoms with Gasteiger partial charge >= 0.3 is 0 Å². The number of hydrogen-bond donors (Lipinski definition) is 0. The molecule has 0 spiro atoms. The van der Waals surface area contributed by atoms with Crippen molar-refractivity contribution in [2.24, 2.45) is 0 Å². The predicted octanol–water partition coefficient (Wildman–Crippen LogP) is 2.17. The highest BCUT2D eigenvalue weighted by Crippen LogP contribution is 2.48. The molecule has 0 atom stereocenters. The summed E-state index contributed by atoms with van der Waals surface area (Å²) in [5.74, 6) is 0.416. The molecule has 0 amide bonds. The third-order valence-corrected chi connectivity index (χ3v) is 5.83. The van der Waals surface area contributed by atoms with E-state index in [-0.39, 0.29) is 5.56 Å². The van der Waals surface area contributed by atoms with E-state index in [1.165, 1.54) is 0 Å². The first kappa shape index (κ1) is 18.3. The molecule has 1 saturated carbocycles. The van der Waals surface area contributed by atoms with Gasteiger partial charge in [-0.3, -0.25) is 9.20 Å². The van der Waals surface area contributed by atoms with Gasteiger partial charge in [0.2, 0.25) is 0 Å². The van der Waals surface area contributed by atoms with Crippen LogP contribution in [0.1, 0.15) is 18.5 Å². The fourth-order valence-corrected chi connectivity index (χ4v) is 4.12. The zero-order valence-electron chi connectivity index (χ0n) is 16.0. The van der Waals surface area contributed by atoms with Crippen molar-refractivity contribution in [2.75, 3.05) is 20.8 Å². The van der Waals surface area contributed by atoms with Gasteiger partial charge in [-0.1, -0.05) is 22.9 Å². The van der Waals surface area contributed by atoms with Crippen molar-refractivity contribution in [3.63, 3.8) is 0 Å². The summed E-state index contributed by atoms with van der Waals surface area (Å²) in [6.45, 7) is 0.740. The van der Waals surface area contributed by atoms with E-state index in [4.69, 9.17) is 21.1 Å². The van der Waals surface area contributed by atoms with Gasteiger partial charge < -0.3 is 14.0 Å². The largest absolute Gasteiger partial charge is 0.383 e. The summed E-state index contributed by atoms with van der Waals surface area (Å²) in [7, 11) is 3.27. The third-order valence-electron chi connectivity index (χ3n) is 5.52. The van der Waals surface area contributed by atoms with E-state index >= 15 is 0 Å². The van der Waals surface area contributed by atoms with Crippen molar-refractivity contribution in [3.8, 4) is 5.82 Å². The molecule has 10 heteroatoms. The summed E-state index contributed by atoms with van der Waals surface area (Å²) in [6.07, 6.45) is 5.03. The molecule has 0 N–H and O–H groups in total. The molecule has 9 nitrogen and oxygen atoms in total. The van der Waals surface area contributed by atoms with Crippen molar-refractivity contribution in [1.29, 1.82) is 0 Å². The Hall–Kier alpha value is -2.75. The molecule has 0 unspecified atom stereocenters. The topological polar surface area (TPSA) is 88.5 Å². The summed E-state index contributed by atoms with van der Waals surface area (Å²) in [5.41, 5.74) is 1.95. The molecule has 0 radical (unpaired) electrons. The highest BCUT2D eigenvalue weighted by Gasteiger charge is 2.48. The van der Waals surface area contributed by atoms with Crippen LogP contribution in [0, 0.1) is 0 Å². The van der Waals surface area contributed by atoms with Crippen LogP contribution in [0.3, 0.4) is 0 Å². The van der Waals surface area contributed by atoms with Crippen molar-refractivity contribution >= 4 is 28.2 Å². The Morgan fingerprint density at radius 1 is 1.24 bits per heavy atom. The quantitative estimate of drug-likeness (QED) is 0.480. The molecule has 150 valence electrons. The summed E-state index contributed by atoms with van der Waals surface area (Å²) in [6, 6.07) is 5.52. The Balaban J connectivity index is 1.83. The predicted molar refractivity (Wildman–Crippen MR) is 107 cm³/mol. The average Bonchev–Trinajstić information content (AvgIpc) is 3.15. The van der Waals surface area contributed by atoms with Crippen LogP contribution < -0.4 is 5.56 Å². The minimum Gasteiger partial charge on any atom is -0.383 e. The van der Waals surface area contributed by atoms with Crippen LogP contribution in [-0.4, -0.2) is 49.8 Å². The van der Waals surface area contributed by atoms with Crippen molar-refractivity contribution < 1.29 is 9.47 Å². The molecule has 1 aliphatic carbocycles. The Morgan fingerprint density at radius 3 is 2.79 bits per heavy atom. The van der Waals surface area contributed by atoms with Gasteiger partial charge in [0.15, 0.2) is 11.3 Å². The molecule has 0 saturated heterocycles. The van der Waals surface area contributed by atoms with Crippen LogP contribution in [0.5, 0.6) is 0 Å². The van der Waals surface area contributed by atoms with Crippen LogP contribution in [0.25, 0.3) is 22.4 Å². The number of hydrogen-bond acceptors (Lipinski definition) is 6. The molecule has 1 aliphatic rings. The SMILES string of the molecule is COCCn1c(=O)c2c(-n3nncc3C3(OC)CC3)ncn2c2cccc(Cl)c21. The number of nitrogens with zero attached hydrogens (tertiary/aromatic N) is 6. The van der Waals surface area contributed by atoms with Gasteiger partial charge in [0.1, 0.15) is 11.9 Å². The van der Waals surface area contributed by atoms with E-state index in [1.807, 2.05) is 12.1 Å². The number of rotatable bonds is 6. The molecule has 4 aromatic rings. The van der Waals surface area contributed by atoms with Crippen LogP contribution in [-0.2, 0) is 21.6 Å². The fraction of sp³-hybridized carbons (Fsp3) is 0.368. The van der Waals surface area contributed by atoms with Crippen molar-refractivity contribution in [1.82, 2.24) is 28.9 Å². The molecule has 1 fully saturated rings. The summed E-state index contributed by atoms with van der Waals surface area (Å²) in [4.78, 5) is 18.0. The number of imidazole rings is 1. The molecule has 3 aromatic heterocycles. The number of para-hydroxylation sites is 1. The second kappa shape index (κ2) is 6.65. The number of aromatic nitrogens is 6. The third kappa shape index (κ3) is 2.61. The van der Waals surface area contributed by atoms with Gasteiger partial charge in [-0.05, 0) is 25.0 Å². The standard InChI is InChI=1S/C19H19ClN6O3/c1-28-9-8-24-15-12(20)4-3-5-13(15)25-11-21-17(16(25)18(24)27)26-14(10-22-23-26)19(29-2)6-7-19/h3-5,10-11H,6-9H2,1-2H3. The van der Waals surface area contributed by atoms with Gasteiger partial charge in [0.05, 0.1) is 34.6 Å². The molecular formula is C19H19ClN6O3. The Kier molecular flexibility index (Phi) is 4.19. The lowest BCUT2D eigenvalue weighted by Gasteiger charge is -2.15.